The van der Waals surface area contributed by atoms with Gasteiger partial charge in [0.1, 0.15) is 0 Å². The number of fused-ring (bicyclic) bond motifs is 1. The number of amides is 1. The Morgan fingerprint density at radius 2 is 2.00 bits per heavy atom. The molecular weight excluding hydrogens is 382 g/mol. The van der Waals surface area contributed by atoms with Gasteiger partial charge >= 0.3 is 0 Å². The van der Waals surface area contributed by atoms with Crippen molar-refractivity contribution in [2.45, 2.75) is 26.7 Å². The maximum Gasteiger partial charge on any atom is 0.258 e. The van der Waals surface area contributed by atoms with Crippen LogP contribution in [0.1, 0.15) is 24.1 Å². The zero-order valence-electron chi connectivity index (χ0n) is 16.7. The molecule has 0 aromatic carbocycles. The molecule has 2 aromatic rings. The molecule has 28 heavy (non-hydrogen) atoms. The summed E-state index contributed by atoms with van der Waals surface area (Å²) in [6.45, 7) is 5.29. The second-order valence-electron chi connectivity index (χ2n) is 7.41. The number of nitrogens with one attached hydrogen (secondary N) is 1. The number of sulfonamides is 1. The molecule has 3 heterocycles. The highest BCUT2D eigenvalue weighted by atomic mass is 32.2. The first-order valence-electron chi connectivity index (χ1n) is 9.30. The Kier molecular flexibility index (Phi) is 5.90. The molecule has 9 nitrogen and oxygen atoms in total. The van der Waals surface area contributed by atoms with Crippen molar-refractivity contribution in [2.75, 3.05) is 32.5 Å². The summed E-state index contributed by atoms with van der Waals surface area (Å²) >= 11 is 0. The molecule has 10 heteroatoms. The van der Waals surface area contributed by atoms with Crippen LogP contribution in [0.4, 0.5) is 0 Å². The first kappa shape index (κ1) is 20.5. The lowest BCUT2D eigenvalue weighted by molar-refractivity contribution is -0.123. The number of rotatable bonds is 6. The monoisotopic (exact) mass is 409 g/mol. The largest absolute Gasteiger partial charge is 0.466 e. The zero-order valence-corrected chi connectivity index (χ0v) is 17.5. The van der Waals surface area contributed by atoms with Crippen LogP contribution >= 0.6 is 0 Å². The van der Waals surface area contributed by atoms with Crippen LogP contribution in [0.2, 0.25) is 0 Å². The molecule has 0 unspecified atom stereocenters. The van der Waals surface area contributed by atoms with Crippen molar-refractivity contribution < 1.29 is 17.9 Å². The molecule has 1 fully saturated rings. The van der Waals surface area contributed by atoms with Crippen LogP contribution in [0.5, 0.6) is 5.88 Å². The molecule has 0 radical (unpaired) electrons. The highest BCUT2D eigenvalue weighted by Crippen LogP contribution is 2.27. The fraction of sp³-hybridized carbons (Fsp3) is 0.611. The van der Waals surface area contributed by atoms with Gasteiger partial charge in [0.25, 0.3) is 5.91 Å². The van der Waals surface area contributed by atoms with Gasteiger partial charge in [-0.25, -0.2) is 22.4 Å². The van der Waals surface area contributed by atoms with Crippen molar-refractivity contribution >= 4 is 27.0 Å². The van der Waals surface area contributed by atoms with E-state index in [2.05, 4.69) is 15.4 Å². The van der Waals surface area contributed by atoms with Crippen molar-refractivity contribution in [3.8, 4) is 5.88 Å². The summed E-state index contributed by atoms with van der Waals surface area (Å²) in [7, 11) is -1.33. The van der Waals surface area contributed by atoms with Crippen LogP contribution in [0.3, 0.4) is 0 Å². The van der Waals surface area contributed by atoms with Crippen LogP contribution in [0.15, 0.2) is 6.07 Å². The molecule has 1 saturated heterocycles. The smallest absolute Gasteiger partial charge is 0.258 e. The molecule has 1 aliphatic rings. The number of aromatic nitrogens is 3. The summed E-state index contributed by atoms with van der Waals surface area (Å²) in [5.74, 6) is 0.452. The molecule has 0 atom stereocenters. The number of nitrogens with zero attached hydrogens (tertiary/aromatic N) is 4. The Labute approximate surface area is 165 Å². The van der Waals surface area contributed by atoms with Gasteiger partial charge in [-0.15, -0.1) is 5.10 Å². The topological polar surface area (TPSA) is 106 Å². The lowest BCUT2D eigenvalue weighted by atomic mass is 9.98. The molecule has 0 aliphatic carbocycles. The third-order valence-electron chi connectivity index (χ3n) is 5.06. The molecule has 1 N–H and O–H groups in total. The molecule has 3 rings (SSSR count). The minimum absolute atomic E-state index is 0.123. The predicted octanol–water partition coefficient (Wildman–Crippen LogP) is 0.752. The Morgan fingerprint density at radius 3 is 2.64 bits per heavy atom. The van der Waals surface area contributed by atoms with Gasteiger partial charge < -0.3 is 10.1 Å². The Bertz CT molecular complexity index is 978. The Balaban J connectivity index is 1.51. The van der Waals surface area contributed by atoms with Crippen LogP contribution in [0, 0.1) is 19.8 Å². The van der Waals surface area contributed by atoms with Gasteiger partial charge in [0, 0.05) is 32.4 Å². The predicted molar refractivity (Wildman–Crippen MR) is 106 cm³/mol. The number of carbonyl (C=O) groups excluding carboxylic acids is 1. The molecule has 154 valence electrons. The van der Waals surface area contributed by atoms with Crippen LogP contribution < -0.4 is 10.1 Å². The van der Waals surface area contributed by atoms with E-state index < -0.39 is 10.0 Å². The minimum atomic E-state index is -3.13. The molecule has 1 amide bonds. The quantitative estimate of drug-likeness (QED) is 0.755. The fourth-order valence-corrected chi connectivity index (χ4v) is 4.41. The number of hydrogen-bond donors (Lipinski definition) is 1. The minimum Gasteiger partial charge on any atom is -0.466 e. The van der Waals surface area contributed by atoms with Crippen molar-refractivity contribution in [3.05, 3.63) is 17.3 Å². The van der Waals surface area contributed by atoms with E-state index in [1.54, 1.807) is 11.7 Å². The van der Waals surface area contributed by atoms with Crippen molar-refractivity contribution in [1.82, 2.24) is 24.4 Å². The van der Waals surface area contributed by atoms with Gasteiger partial charge in [-0.1, -0.05) is 0 Å². The summed E-state index contributed by atoms with van der Waals surface area (Å²) in [6, 6.07) is 1.96. The van der Waals surface area contributed by atoms with Gasteiger partial charge in [0.2, 0.25) is 15.9 Å². The standard InChI is InChI=1S/C18H27N5O4S/c1-12-9-13(2)20-17-16(12)18(21-22(17)3)27-11-15(24)19-10-14-5-7-23(8-6-14)28(4,25)26/h9,14H,5-8,10-11H2,1-4H3,(H,19,24). The molecule has 2 aromatic heterocycles. The number of hydrogen-bond acceptors (Lipinski definition) is 6. The van der Waals surface area contributed by atoms with E-state index in [0.29, 0.717) is 25.5 Å². The molecule has 0 bridgehead atoms. The maximum absolute atomic E-state index is 12.2. The van der Waals surface area contributed by atoms with Gasteiger partial charge in [-0.05, 0) is 44.2 Å². The van der Waals surface area contributed by atoms with E-state index in [4.69, 9.17) is 4.74 Å². The third kappa shape index (κ3) is 4.61. The number of pyridine rings is 1. The number of ether oxygens (including phenoxy) is 1. The summed E-state index contributed by atoms with van der Waals surface area (Å²) in [6.07, 6.45) is 2.71. The van der Waals surface area contributed by atoms with Crippen molar-refractivity contribution in [1.29, 1.82) is 0 Å². The van der Waals surface area contributed by atoms with Crippen molar-refractivity contribution in [2.24, 2.45) is 13.0 Å². The first-order chi connectivity index (χ1) is 13.1. The van der Waals surface area contributed by atoms with E-state index in [0.717, 1.165) is 35.1 Å². The summed E-state index contributed by atoms with van der Waals surface area (Å²) in [5.41, 5.74) is 2.63. The van der Waals surface area contributed by atoms with E-state index >= 15 is 0 Å². The maximum atomic E-state index is 12.2. The highest BCUT2D eigenvalue weighted by molar-refractivity contribution is 7.88. The zero-order chi connectivity index (χ0) is 20.5. The Morgan fingerprint density at radius 1 is 1.32 bits per heavy atom. The van der Waals surface area contributed by atoms with Crippen LogP contribution in [0.25, 0.3) is 11.0 Å². The summed E-state index contributed by atoms with van der Waals surface area (Å²) in [5, 5.41) is 8.02. The molecule has 0 saturated carbocycles. The average Bonchev–Trinajstić information content (AvgIpc) is 2.94. The van der Waals surface area contributed by atoms with E-state index in [1.807, 2.05) is 19.9 Å². The van der Waals surface area contributed by atoms with Gasteiger partial charge in [0.15, 0.2) is 12.3 Å². The molecular formula is C18H27N5O4S. The van der Waals surface area contributed by atoms with Gasteiger partial charge in [-0.3, -0.25) is 4.79 Å². The lowest BCUT2D eigenvalue weighted by Gasteiger charge is -2.30. The summed E-state index contributed by atoms with van der Waals surface area (Å²) in [4.78, 5) is 16.6. The van der Waals surface area contributed by atoms with Crippen molar-refractivity contribution in [3.63, 3.8) is 0 Å². The van der Waals surface area contributed by atoms with Gasteiger partial charge in [0.05, 0.1) is 11.6 Å². The number of carbonyl (C=O) groups is 1. The van der Waals surface area contributed by atoms with E-state index in [9.17, 15) is 13.2 Å². The Hall–Kier alpha value is -2.20. The van der Waals surface area contributed by atoms with Crippen LogP contribution in [-0.4, -0.2) is 65.9 Å². The van der Waals surface area contributed by atoms with Crippen LogP contribution in [-0.2, 0) is 21.9 Å². The van der Waals surface area contributed by atoms with E-state index in [-0.39, 0.29) is 18.4 Å². The second-order valence-corrected chi connectivity index (χ2v) is 9.39. The second kappa shape index (κ2) is 8.04. The average molecular weight is 410 g/mol. The molecule has 0 spiro atoms. The lowest BCUT2D eigenvalue weighted by Crippen LogP contribution is -2.41. The fourth-order valence-electron chi connectivity index (χ4n) is 3.54. The highest BCUT2D eigenvalue weighted by Gasteiger charge is 2.25. The number of aryl methyl sites for hydroxylation is 3. The number of piperidine rings is 1. The SMILES string of the molecule is Cc1cc(C)c2c(OCC(=O)NCC3CCN(S(C)(=O)=O)CC3)nn(C)c2n1. The molecule has 1 aliphatic heterocycles. The third-order valence-corrected chi connectivity index (χ3v) is 6.36. The van der Waals surface area contributed by atoms with Gasteiger partial charge in [-0.2, -0.15) is 0 Å². The first-order valence-corrected chi connectivity index (χ1v) is 11.2. The normalized spacial score (nSPS) is 16.4. The van der Waals surface area contributed by atoms with E-state index in [1.165, 1.54) is 10.6 Å². The summed E-state index contributed by atoms with van der Waals surface area (Å²) < 4.78 is 31.9.